The van der Waals surface area contributed by atoms with E-state index in [-0.39, 0.29) is 5.95 Å². The van der Waals surface area contributed by atoms with E-state index in [1.165, 1.54) is 9.25 Å². The molecule has 0 saturated heterocycles. The number of nitrogens with zero attached hydrogens (tertiary/aromatic N) is 4. The molecule has 7 nitrogen and oxygen atoms in total. The van der Waals surface area contributed by atoms with E-state index in [1.807, 2.05) is 0 Å². The summed E-state index contributed by atoms with van der Waals surface area (Å²) in [6.45, 7) is 2.20. The van der Waals surface area contributed by atoms with Gasteiger partial charge in [0.2, 0.25) is 5.95 Å². The molecule has 0 atom stereocenters. The van der Waals surface area contributed by atoms with Gasteiger partial charge in [-0.1, -0.05) is 0 Å². The summed E-state index contributed by atoms with van der Waals surface area (Å²) in [5, 5.41) is 3.92. The quantitative estimate of drug-likeness (QED) is 0.694. The molecule has 7 heteroatoms. The summed E-state index contributed by atoms with van der Waals surface area (Å²) in [6.07, 6.45) is 3.17. The summed E-state index contributed by atoms with van der Waals surface area (Å²) in [4.78, 5) is 28.3. The summed E-state index contributed by atoms with van der Waals surface area (Å²) < 4.78 is 2.70. The second kappa shape index (κ2) is 3.52. The molecule has 2 aromatic rings. The van der Waals surface area contributed by atoms with Crippen LogP contribution in [0.25, 0.3) is 5.95 Å². The van der Waals surface area contributed by atoms with Crippen LogP contribution in [0.3, 0.4) is 0 Å². The number of rotatable bonds is 2. The minimum absolute atomic E-state index is 0.219. The first-order chi connectivity index (χ1) is 7.22. The molecule has 0 aliphatic heterocycles. The number of hydrogen-bond donors (Lipinski definition) is 1. The van der Waals surface area contributed by atoms with Gasteiger partial charge in [-0.05, 0) is 13.0 Å². The first-order valence-corrected chi connectivity index (χ1v) is 4.43. The molecule has 0 amide bonds. The second-order valence-corrected chi connectivity index (χ2v) is 2.84. The van der Waals surface area contributed by atoms with E-state index in [9.17, 15) is 9.59 Å². The molecule has 0 spiro atoms. The number of H-pyrrole nitrogens is 1. The van der Waals surface area contributed by atoms with Crippen LogP contribution in [0.4, 0.5) is 0 Å². The zero-order valence-electron chi connectivity index (χ0n) is 8.04. The van der Waals surface area contributed by atoms with Crippen LogP contribution in [0.15, 0.2) is 28.0 Å². The van der Waals surface area contributed by atoms with Crippen LogP contribution in [-0.2, 0) is 6.54 Å². The minimum atomic E-state index is -0.671. The Morgan fingerprint density at radius 2 is 2.27 bits per heavy atom. The van der Waals surface area contributed by atoms with Crippen molar-refractivity contribution in [2.75, 3.05) is 0 Å². The fraction of sp³-hybridized carbons (Fsp3) is 0.250. The summed E-state index contributed by atoms with van der Waals surface area (Å²) in [7, 11) is 0. The third-order valence-electron chi connectivity index (χ3n) is 1.93. The van der Waals surface area contributed by atoms with Gasteiger partial charge in [0, 0.05) is 18.9 Å². The van der Waals surface area contributed by atoms with Crippen molar-refractivity contribution < 1.29 is 0 Å². The molecule has 0 aromatic carbocycles. The fourth-order valence-corrected chi connectivity index (χ4v) is 1.28. The predicted octanol–water partition coefficient (Wildman–Crippen LogP) is -0.863. The predicted molar refractivity (Wildman–Crippen MR) is 51.9 cm³/mol. The van der Waals surface area contributed by atoms with Crippen molar-refractivity contribution in [1.29, 1.82) is 0 Å². The lowest BCUT2D eigenvalue weighted by molar-refractivity contribution is 0.611. The molecule has 0 saturated carbocycles. The maximum atomic E-state index is 11.4. The highest BCUT2D eigenvalue weighted by molar-refractivity contribution is 5.08. The minimum Gasteiger partial charge on any atom is -0.262 e. The summed E-state index contributed by atoms with van der Waals surface area (Å²) in [5.74, 6) is 0.219. The summed E-state index contributed by atoms with van der Waals surface area (Å²) in [5.41, 5.74) is -1.15. The maximum Gasteiger partial charge on any atom is 0.352 e. The van der Waals surface area contributed by atoms with Gasteiger partial charge in [-0.3, -0.25) is 9.55 Å². The van der Waals surface area contributed by atoms with E-state index in [2.05, 4.69) is 15.1 Å². The molecule has 2 rings (SSSR count). The molecule has 0 aliphatic carbocycles. The fourth-order valence-electron chi connectivity index (χ4n) is 1.28. The van der Waals surface area contributed by atoms with Crippen molar-refractivity contribution in [2.45, 2.75) is 13.5 Å². The highest BCUT2D eigenvalue weighted by atomic mass is 16.2. The Balaban J connectivity index is 2.75. The highest BCUT2D eigenvalue weighted by Crippen LogP contribution is 1.96. The third-order valence-corrected chi connectivity index (χ3v) is 1.93. The van der Waals surface area contributed by atoms with E-state index in [0.29, 0.717) is 6.54 Å². The Bertz CT molecular complexity index is 565. The lowest BCUT2D eigenvalue weighted by atomic mass is 10.7. The van der Waals surface area contributed by atoms with E-state index in [4.69, 9.17) is 0 Å². The van der Waals surface area contributed by atoms with Crippen LogP contribution in [0, 0.1) is 0 Å². The molecule has 2 heterocycles. The van der Waals surface area contributed by atoms with Crippen molar-refractivity contribution in [3.05, 3.63) is 39.4 Å². The molecule has 0 aliphatic rings. The Hall–Kier alpha value is -2.18. The van der Waals surface area contributed by atoms with E-state index in [0.717, 1.165) is 0 Å². The Labute approximate surface area is 84.0 Å². The van der Waals surface area contributed by atoms with Crippen molar-refractivity contribution in [3.8, 4) is 5.95 Å². The van der Waals surface area contributed by atoms with Crippen LogP contribution in [-0.4, -0.2) is 24.3 Å². The lowest BCUT2D eigenvalue weighted by Gasteiger charge is -2.06. The average molecular weight is 207 g/mol. The Morgan fingerprint density at radius 1 is 1.47 bits per heavy atom. The topological polar surface area (TPSA) is 85.6 Å². The van der Waals surface area contributed by atoms with Gasteiger partial charge in [-0.25, -0.2) is 14.3 Å². The van der Waals surface area contributed by atoms with Gasteiger partial charge in [-0.2, -0.15) is 10.1 Å². The molecular weight excluding hydrogens is 198 g/mol. The van der Waals surface area contributed by atoms with Crippen LogP contribution in [0.1, 0.15) is 6.92 Å². The molecule has 0 bridgehead atoms. The van der Waals surface area contributed by atoms with Gasteiger partial charge in [0.25, 0.3) is 0 Å². The van der Waals surface area contributed by atoms with Crippen molar-refractivity contribution in [3.63, 3.8) is 0 Å². The zero-order chi connectivity index (χ0) is 10.8. The van der Waals surface area contributed by atoms with Gasteiger partial charge in [0.15, 0.2) is 0 Å². The maximum absolute atomic E-state index is 11.4. The molecule has 0 fully saturated rings. The van der Waals surface area contributed by atoms with Crippen LogP contribution in [0.2, 0.25) is 0 Å². The van der Waals surface area contributed by atoms with Gasteiger partial charge >= 0.3 is 11.4 Å². The van der Waals surface area contributed by atoms with Gasteiger partial charge in [-0.15, -0.1) is 0 Å². The average Bonchev–Trinajstić information content (AvgIpc) is 2.69. The van der Waals surface area contributed by atoms with Crippen LogP contribution < -0.4 is 11.4 Å². The summed E-state index contributed by atoms with van der Waals surface area (Å²) in [6, 6.07) is 1.69. The van der Waals surface area contributed by atoms with Crippen LogP contribution in [0.5, 0.6) is 0 Å². The molecule has 1 N–H and O–H groups in total. The normalized spacial score (nSPS) is 10.5. The molecular formula is C8H9N5O2. The molecule has 2 aromatic heterocycles. The molecule has 78 valence electrons. The van der Waals surface area contributed by atoms with E-state index in [1.54, 1.807) is 25.4 Å². The third kappa shape index (κ3) is 1.58. The van der Waals surface area contributed by atoms with Gasteiger partial charge in [0.05, 0.1) is 0 Å². The van der Waals surface area contributed by atoms with Gasteiger partial charge in [0.1, 0.15) is 0 Å². The summed E-state index contributed by atoms with van der Waals surface area (Å²) >= 11 is 0. The smallest absolute Gasteiger partial charge is 0.262 e. The second-order valence-electron chi connectivity index (χ2n) is 2.84. The molecule has 0 unspecified atom stereocenters. The van der Waals surface area contributed by atoms with E-state index >= 15 is 0 Å². The van der Waals surface area contributed by atoms with Crippen molar-refractivity contribution in [2.24, 2.45) is 0 Å². The van der Waals surface area contributed by atoms with Crippen molar-refractivity contribution in [1.82, 2.24) is 24.3 Å². The van der Waals surface area contributed by atoms with Crippen LogP contribution >= 0.6 is 0 Å². The lowest BCUT2D eigenvalue weighted by Crippen LogP contribution is -2.34. The first kappa shape index (κ1) is 9.38. The monoisotopic (exact) mass is 207 g/mol. The number of nitrogens with one attached hydrogen (secondary N) is 1. The standard InChI is InChI=1S/C8H9N5O2/c1-2-12-7(13-5-3-4-9-13)10-6(14)11-8(12)15/h3-5H,2H2,1H3,(H,11,14,15). The SMILES string of the molecule is CCn1c(-n2cccn2)nc(=O)[nH]c1=O. The highest BCUT2D eigenvalue weighted by Gasteiger charge is 2.07. The Morgan fingerprint density at radius 3 is 2.87 bits per heavy atom. The van der Waals surface area contributed by atoms with Gasteiger partial charge < -0.3 is 0 Å². The Kier molecular flexibility index (Phi) is 2.20. The first-order valence-electron chi connectivity index (χ1n) is 4.43. The van der Waals surface area contributed by atoms with Crippen molar-refractivity contribution >= 4 is 0 Å². The number of aromatic nitrogens is 5. The number of hydrogen-bond acceptors (Lipinski definition) is 4. The van der Waals surface area contributed by atoms with E-state index < -0.39 is 11.4 Å². The molecule has 0 radical (unpaired) electrons. The number of aromatic amines is 1. The largest absolute Gasteiger partial charge is 0.352 e. The molecule has 15 heavy (non-hydrogen) atoms. The zero-order valence-corrected chi connectivity index (χ0v) is 8.04.